The van der Waals surface area contributed by atoms with Gasteiger partial charge in [0.25, 0.3) is 0 Å². The highest BCUT2D eigenvalue weighted by Gasteiger charge is 2.23. The third-order valence-electron chi connectivity index (χ3n) is 2.25. The minimum atomic E-state index is -2.24. The molecule has 0 radical (unpaired) electrons. The van der Waals surface area contributed by atoms with E-state index < -0.39 is 5.62 Å². The smallest absolute Gasteiger partial charge is 0.197 e. The molecular formula is C11H24NO2PS2. The molecule has 1 N–H and O–H groups in total. The zero-order valence-corrected chi connectivity index (χ0v) is 13.7. The number of rotatable bonds is 9. The molecule has 0 aromatic carbocycles. The van der Waals surface area contributed by atoms with Gasteiger partial charge >= 0.3 is 0 Å². The van der Waals surface area contributed by atoms with Gasteiger partial charge in [0.2, 0.25) is 0 Å². The summed E-state index contributed by atoms with van der Waals surface area (Å²) in [5.74, 6) is 0. The lowest BCUT2D eigenvalue weighted by molar-refractivity contribution is -0.110. The number of nitrogens with one attached hydrogen (secondary N) is 1. The first-order chi connectivity index (χ1) is 7.97. The average Bonchev–Trinajstić information content (AvgIpc) is 2.26. The summed E-state index contributed by atoms with van der Waals surface area (Å²) in [5.41, 5.74) is -2.24. The molecule has 0 saturated carbocycles. The van der Waals surface area contributed by atoms with Crippen molar-refractivity contribution in [3.8, 4) is 0 Å². The van der Waals surface area contributed by atoms with Gasteiger partial charge in [-0.25, -0.2) is 0 Å². The molecular weight excluding hydrogens is 273 g/mol. The minimum Gasteiger partial charge on any atom is -0.331 e. The van der Waals surface area contributed by atoms with Gasteiger partial charge < -0.3 is 4.52 Å². The van der Waals surface area contributed by atoms with E-state index in [1.54, 1.807) is 0 Å². The van der Waals surface area contributed by atoms with Crippen LogP contribution in [-0.4, -0.2) is 17.8 Å². The van der Waals surface area contributed by atoms with Crippen LogP contribution in [0.5, 0.6) is 0 Å². The van der Waals surface area contributed by atoms with Crippen LogP contribution in [0.1, 0.15) is 53.4 Å². The molecule has 0 aromatic heterocycles. The molecule has 2 atom stereocenters. The Kier molecular flexibility index (Phi) is 9.84. The number of hydrogen-bond donors (Lipinski definition) is 1. The van der Waals surface area contributed by atoms with Gasteiger partial charge in [0, 0.05) is 12.5 Å². The molecule has 0 aromatic rings. The molecule has 17 heavy (non-hydrogen) atoms. The first-order valence-electron chi connectivity index (χ1n) is 6.22. The summed E-state index contributed by atoms with van der Waals surface area (Å²) in [5, 5.41) is 3.45. The van der Waals surface area contributed by atoms with Crippen molar-refractivity contribution in [2.24, 2.45) is 0 Å². The van der Waals surface area contributed by atoms with Crippen molar-refractivity contribution in [1.82, 2.24) is 5.09 Å². The Morgan fingerprint density at radius 3 is 2.59 bits per heavy atom. The molecule has 0 fully saturated rings. The molecule has 0 saturated heterocycles. The van der Waals surface area contributed by atoms with Crippen LogP contribution in [0.2, 0.25) is 0 Å². The van der Waals surface area contributed by atoms with Crippen molar-refractivity contribution >= 4 is 33.9 Å². The summed E-state index contributed by atoms with van der Waals surface area (Å²) in [7, 11) is 0. The van der Waals surface area contributed by atoms with E-state index in [1.165, 1.54) is 11.4 Å². The lowest BCUT2D eigenvalue weighted by atomic mass is 10.3. The van der Waals surface area contributed by atoms with Crippen molar-refractivity contribution in [1.29, 1.82) is 0 Å². The molecule has 0 amide bonds. The van der Waals surface area contributed by atoms with Crippen LogP contribution >= 0.6 is 17.0 Å². The molecule has 6 heteroatoms. The average molecular weight is 297 g/mol. The Hall–Kier alpha value is 0.590. The summed E-state index contributed by atoms with van der Waals surface area (Å²) < 4.78 is 5.61. The Morgan fingerprint density at radius 1 is 1.47 bits per heavy atom. The van der Waals surface area contributed by atoms with Gasteiger partial charge in [-0.05, 0) is 49.9 Å². The van der Waals surface area contributed by atoms with Gasteiger partial charge in [-0.2, -0.15) is 0 Å². The van der Waals surface area contributed by atoms with Crippen LogP contribution in [0.15, 0.2) is 0 Å². The van der Waals surface area contributed by atoms with Crippen LogP contribution < -0.4 is 5.09 Å². The Labute approximate surface area is 114 Å². The molecule has 0 aliphatic rings. The lowest BCUT2D eigenvalue weighted by Gasteiger charge is -2.24. The predicted molar refractivity (Wildman–Crippen MR) is 80.9 cm³/mol. The maximum atomic E-state index is 11.8. The predicted octanol–water partition coefficient (Wildman–Crippen LogP) is 4.09. The maximum absolute atomic E-state index is 11.8. The molecule has 0 rings (SSSR count). The van der Waals surface area contributed by atoms with Crippen molar-refractivity contribution in [3.05, 3.63) is 0 Å². The van der Waals surface area contributed by atoms with Crippen molar-refractivity contribution in [3.63, 3.8) is 0 Å². The van der Waals surface area contributed by atoms with E-state index in [4.69, 9.17) is 16.3 Å². The third kappa shape index (κ3) is 8.33. The second kappa shape index (κ2) is 9.51. The second-order valence-corrected chi connectivity index (χ2v) is 10.4. The zero-order valence-electron chi connectivity index (χ0n) is 11.2. The van der Waals surface area contributed by atoms with E-state index in [-0.39, 0.29) is 5.12 Å². The summed E-state index contributed by atoms with van der Waals surface area (Å²) in [4.78, 5) is 11.8. The lowest BCUT2D eigenvalue weighted by Crippen LogP contribution is -2.22. The van der Waals surface area contributed by atoms with Crippen LogP contribution in [0.25, 0.3) is 0 Å². The highest BCUT2D eigenvalue weighted by Crippen LogP contribution is 2.57. The van der Waals surface area contributed by atoms with Gasteiger partial charge in [-0.15, -0.1) is 0 Å². The van der Waals surface area contributed by atoms with Gasteiger partial charge in [0.05, 0.1) is 6.61 Å². The monoisotopic (exact) mass is 297 g/mol. The molecule has 0 aliphatic heterocycles. The fraction of sp³-hybridized carbons (Fsp3) is 0.909. The van der Waals surface area contributed by atoms with E-state index in [9.17, 15) is 4.79 Å². The SMILES string of the molecule is CCCCC(=O)SP(=S)(N[C@@H](C)CC)OCC. The fourth-order valence-corrected chi connectivity index (χ4v) is 6.72. The summed E-state index contributed by atoms with van der Waals surface area (Å²) in [6.45, 7) is 8.70. The maximum Gasteiger partial charge on any atom is 0.197 e. The van der Waals surface area contributed by atoms with Gasteiger partial charge in [-0.1, -0.05) is 20.3 Å². The molecule has 102 valence electrons. The van der Waals surface area contributed by atoms with Gasteiger partial charge in [0.15, 0.2) is 10.7 Å². The summed E-state index contributed by atoms with van der Waals surface area (Å²) in [6, 6.07) is 0.291. The molecule has 3 nitrogen and oxygen atoms in total. The molecule has 0 heterocycles. The molecule has 0 aliphatic carbocycles. The Bertz CT molecular complexity index is 274. The standard InChI is InChI=1S/C11H24NO2PS2/c1-5-8-9-11(13)17-15(16,14-7-3)12-10(4)6-2/h10H,5-9H2,1-4H3,(H,12,16)/t10-,15?/m0/s1. The van der Waals surface area contributed by atoms with Crippen LogP contribution in [-0.2, 0) is 21.1 Å². The van der Waals surface area contributed by atoms with Crippen LogP contribution in [0, 0.1) is 0 Å². The van der Waals surface area contributed by atoms with E-state index in [1.807, 2.05) is 6.92 Å². The second-order valence-electron chi connectivity index (χ2n) is 3.92. The molecule has 0 bridgehead atoms. The van der Waals surface area contributed by atoms with E-state index in [0.29, 0.717) is 19.1 Å². The van der Waals surface area contributed by atoms with E-state index in [2.05, 4.69) is 25.9 Å². The summed E-state index contributed by atoms with van der Waals surface area (Å²) >= 11 is 6.70. The first-order valence-corrected chi connectivity index (χ1v) is 10.4. The minimum absolute atomic E-state index is 0.152. The Balaban J connectivity index is 4.39. The highest BCUT2D eigenvalue weighted by atomic mass is 32.9. The van der Waals surface area contributed by atoms with Crippen molar-refractivity contribution in [2.45, 2.75) is 59.4 Å². The van der Waals surface area contributed by atoms with Gasteiger partial charge in [0.1, 0.15) is 0 Å². The third-order valence-corrected chi connectivity index (χ3v) is 7.52. The van der Waals surface area contributed by atoms with E-state index in [0.717, 1.165) is 19.3 Å². The fourth-order valence-electron chi connectivity index (χ4n) is 1.12. The highest BCUT2D eigenvalue weighted by molar-refractivity contribution is 8.74. The van der Waals surface area contributed by atoms with Crippen LogP contribution in [0.3, 0.4) is 0 Å². The topological polar surface area (TPSA) is 38.3 Å². The zero-order chi connectivity index (χ0) is 13.3. The largest absolute Gasteiger partial charge is 0.331 e. The van der Waals surface area contributed by atoms with Crippen LogP contribution in [0.4, 0.5) is 0 Å². The number of carbonyl (C=O) groups is 1. The molecule has 0 spiro atoms. The molecule has 1 unspecified atom stereocenters. The number of carbonyl (C=O) groups excluding carboxylic acids is 1. The summed E-state index contributed by atoms with van der Waals surface area (Å²) in [6.07, 6.45) is 3.53. The Morgan fingerprint density at radius 2 is 2.12 bits per heavy atom. The number of unbranched alkanes of at least 4 members (excludes halogenated alkanes) is 1. The normalized spacial score (nSPS) is 16.5. The number of hydrogen-bond acceptors (Lipinski definition) is 4. The van der Waals surface area contributed by atoms with Gasteiger partial charge in [-0.3, -0.25) is 9.88 Å². The first kappa shape index (κ1) is 17.6. The van der Waals surface area contributed by atoms with Crippen molar-refractivity contribution in [2.75, 3.05) is 6.61 Å². The van der Waals surface area contributed by atoms with Crippen molar-refractivity contribution < 1.29 is 9.32 Å². The quantitative estimate of drug-likeness (QED) is 0.649. The van der Waals surface area contributed by atoms with E-state index >= 15 is 0 Å².